The molecule has 0 spiro atoms. The highest BCUT2D eigenvalue weighted by molar-refractivity contribution is 7.98. The van der Waals surface area contributed by atoms with Crippen molar-refractivity contribution >= 4 is 23.4 Å². The standard InChI is InChI=1S/C12H7ClF6N8S/c13-5-1-2-7(6(3-5)11(14,15)16)27-8(21-24-25-27)4-28-10-23-22-9(26(10)20)12(17,18)19/h1-3H,4,20H2. The number of benzene rings is 1. The Morgan fingerprint density at radius 1 is 1.04 bits per heavy atom. The molecule has 0 aliphatic heterocycles. The number of nitrogens with two attached hydrogens (primary N) is 1. The lowest BCUT2D eigenvalue weighted by Crippen LogP contribution is -2.21. The largest absolute Gasteiger partial charge is 0.453 e. The molecule has 0 bridgehead atoms. The van der Waals surface area contributed by atoms with Gasteiger partial charge in [0.1, 0.15) is 0 Å². The van der Waals surface area contributed by atoms with Gasteiger partial charge in [-0.05, 0) is 28.6 Å². The van der Waals surface area contributed by atoms with E-state index in [1.54, 1.807) is 0 Å². The molecule has 28 heavy (non-hydrogen) atoms. The molecule has 2 aromatic heterocycles. The van der Waals surface area contributed by atoms with Crippen LogP contribution in [-0.4, -0.2) is 35.1 Å². The van der Waals surface area contributed by atoms with Gasteiger partial charge in [0, 0.05) is 5.02 Å². The first-order valence-electron chi connectivity index (χ1n) is 7.03. The zero-order valence-corrected chi connectivity index (χ0v) is 14.8. The lowest BCUT2D eigenvalue weighted by Gasteiger charge is -2.13. The summed E-state index contributed by atoms with van der Waals surface area (Å²) >= 11 is 6.29. The number of nitrogen functional groups attached to an aromatic ring is 1. The van der Waals surface area contributed by atoms with Crippen molar-refractivity contribution in [3.63, 3.8) is 0 Å². The average molecular weight is 445 g/mol. The van der Waals surface area contributed by atoms with E-state index in [9.17, 15) is 26.3 Å². The number of nitrogens with zero attached hydrogens (tertiary/aromatic N) is 7. The molecule has 0 radical (unpaired) electrons. The van der Waals surface area contributed by atoms with Gasteiger partial charge in [-0.3, -0.25) is 0 Å². The molecule has 8 nitrogen and oxygen atoms in total. The van der Waals surface area contributed by atoms with Gasteiger partial charge in [-0.1, -0.05) is 23.4 Å². The Morgan fingerprint density at radius 2 is 1.75 bits per heavy atom. The summed E-state index contributed by atoms with van der Waals surface area (Å²) in [6.07, 6.45) is -9.55. The summed E-state index contributed by atoms with van der Waals surface area (Å²) in [5.41, 5.74) is -1.48. The van der Waals surface area contributed by atoms with Crippen LogP contribution in [0.4, 0.5) is 26.3 Å². The minimum Gasteiger partial charge on any atom is -0.335 e. The van der Waals surface area contributed by atoms with Crippen LogP contribution in [0, 0.1) is 0 Å². The highest BCUT2D eigenvalue weighted by atomic mass is 35.5. The monoisotopic (exact) mass is 444 g/mol. The molecule has 2 N–H and O–H groups in total. The molecule has 1 aromatic carbocycles. The summed E-state index contributed by atoms with van der Waals surface area (Å²) < 4.78 is 78.9. The Labute approximate surface area is 160 Å². The summed E-state index contributed by atoms with van der Waals surface area (Å²) in [4.78, 5) is 0. The number of hydrogen-bond acceptors (Lipinski definition) is 7. The third kappa shape index (κ3) is 3.99. The van der Waals surface area contributed by atoms with Crippen LogP contribution >= 0.6 is 23.4 Å². The van der Waals surface area contributed by atoms with Gasteiger partial charge in [-0.25, -0.2) is 4.68 Å². The van der Waals surface area contributed by atoms with Crippen molar-refractivity contribution in [3.05, 3.63) is 40.4 Å². The van der Waals surface area contributed by atoms with Gasteiger partial charge < -0.3 is 5.84 Å². The normalized spacial score (nSPS) is 12.5. The predicted octanol–water partition coefficient (Wildman–Crippen LogP) is 2.95. The molecule has 0 aliphatic rings. The molecular formula is C12H7ClF6N8S. The summed E-state index contributed by atoms with van der Waals surface area (Å²) in [6.45, 7) is 0. The molecule has 0 aliphatic carbocycles. The van der Waals surface area contributed by atoms with Gasteiger partial charge in [0.2, 0.25) is 5.16 Å². The van der Waals surface area contributed by atoms with E-state index in [2.05, 4.69) is 25.7 Å². The van der Waals surface area contributed by atoms with Crippen LogP contribution in [0.3, 0.4) is 0 Å². The molecule has 3 rings (SSSR count). The predicted molar refractivity (Wildman–Crippen MR) is 83.9 cm³/mol. The fourth-order valence-electron chi connectivity index (χ4n) is 2.10. The van der Waals surface area contributed by atoms with Crippen LogP contribution in [0.2, 0.25) is 5.02 Å². The van der Waals surface area contributed by atoms with Crippen molar-refractivity contribution in [2.45, 2.75) is 23.3 Å². The zero-order valence-electron chi connectivity index (χ0n) is 13.2. The van der Waals surface area contributed by atoms with Crippen LogP contribution in [0.25, 0.3) is 5.69 Å². The van der Waals surface area contributed by atoms with E-state index in [0.717, 1.165) is 10.7 Å². The lowest BCUT2D eigenvalue weighted by atomic mass is 10.1. The maximum atomic E-state index is 13.3. The van der Waals surface area contributed by atoms with Crippen molar-refractivity contribution < 1.29 is 26.3 Å². The first-order valence-corrected chi connectivity index (χ1v) is 8.39. The second-order valence-electron chi connectivity index (χ2n) is 5.13. The molecule has 150 valence electrons. The number of alkyl halides is 6. The maximum absolute atomic E-state index is 13.3. The van der Waals surface area contributed by atoms with Crippen molar-refractivity contribution in [3.8, 4) is 5.69 Å². The number of halogens is 7. The Bertz CT molecular complexity index is 997. The summed E-state index contributed by atoms with van der Waals surface area (Å²) in [6, 6.07) is 3.00. The number of thioether (sulfide) groups is 1. The first-order chi connectivity index (χ1) is 13.0. The molecule has 0 saturated carbocycles. The van der Waals surface area contributed by atoms with Gasteiger partial charge in [-0.2, -0.15) is 31.0 Å². The number of hydrogen-bond donors (Lipinski definition) is 1. The fourth-order valence-corrected chi connectivity index (χ4v) is 3.04. The molecule has 2 heterocycles. The zero-order chi connectivity index (χ0) is 20.7. The van der Waals surface area contributed by atoms with Gasteiger partial charge >= 0.3 is 12.4 Å². The molecule has 0 unspecified atom stereocenters. The van der Waals surface area contributed by atoms with E-state index in [-0.39, 0.29) is 26.4 Å². The van der Waals surface area contributed by atoms with Crippen LogP contribution in [0.15, 0.2) is 23.4 Å². The second-order valence-corrected chi connectivity index (χ2v) is 6.51. The van der Waals surface area contributed by atoms with E-state index in [1.807, 2.05) is 0 Å². The molecule has 16 heteroatoms. The Balaban J connectivity index is 1.90. The summed E-state index contributed by atoms with van der Waals surface area (Å²) in [5, 5.41) is 16.2. The van der Waals surface area contributed by atoms with Crippen LogP contribution in [-0.2, 0) is 18.1 Å². The Morgan fingerprint density at radius 3 is 2.36 bits per heavy atom. The number of aromatic nitrogens is 7. The summed E-state index contributed by atoms with van der Waals surface area (Å²) in [5.74, 6) is 3.56. The Hall–Kier alpha value is -2.55. The van der Waals surface area contributed by atoms with Crippen molar-refractivity contribution in [1.82, 2.24) is 35.1 Å². The van der Waals surface area contributed by atoms with E-state index >= 15 is 0 Å². The molecule has 0 fully saturated rings. The number of tetrazole rings is 1. The third-order valence-corrected chi connectivity index (χ3v) is 4.45. The van der Waals surface area contributed by atoms with Crippen LogP contribution in [0.5, 0.6) is 0 Å². The van der Waals surface area contributed by atoms with Crippen LogP contribution in [0.1, 0.15) is 17.2 Å². The first kappa shape index (κ1) is 20.2. The molecule has 3 aromatic rings. The second kappa shape index (κ2) is 7.12. The number of rotatable bonds is 4. The van der Waals surface area contributed by atoms with E-state index in [1.165, 1.54) is 6.07 Å². The summed E-state index contributed by atoms with van der Waals surface area (Å²) in [7, 11) is 0. The van der Waals surface area contributed by atoms with E-state index in [4.69, 9.17) is 17.4 Å². The molecule has 0 atom stereocenters. The SMILES string of the molecule is Nn1c(SCc2nnnn2-c2ccc(Cl)cc2C(F)(F)F)nnc1C(F)(F)F. The van der Waals surface area contributed by atoms with Gasteiger partial charge in [-0.15, -0.1) is 15.3 Å². The Kier molecular flexibility index (Phi) is 5.14. The third-order valence-electron chi connectivity index (χ3n) is 3.27. The van der Waals surface area contributed by atoms with Crippen LogP contribution < -0.4 is 5.84 Å². The van der Waals surface area contributed by atoms with Gasteiger partial charge in [0.15, 0.2) is 5.82 Å². The van der Waals surface area contributed by atoms with Crippen molar-refractivity contribution in [1.29, 1.82) is 0 Å². The molecule has 0 amide bonds. The average Bonchev–Trinajstić information content (AvgIpc) is 3.18. The highest BCUT2D eigenvalue weighted by Gasteiger charge is 2.38. The van der Waals surface area contributed by atoms with Gasteiger partial charge in [0.25, 0.3) is 5.82 Å². The lowest BCUT2D eigenvalue weighted by molar-refractivity contribution is -0.146. The van der Waals surface area contributed by atoms with Gasteiger partial charge in [0.05, 0.1) is 17.0 Å². The van der Waals surface area contributed by atoms with E-state index < -0.39 is 29.4 Å². The minimum atomic E-state index is -4.81. The molecular weight excluding hydrogens is 438 g/mol. The minimum absolute atomic E-state index is 0.0885. The quantitative estimate of drug-likeness (QED) is 0.375. The fraction of sp³-hybridized carbons (Fsp3) is 0.250. The highest BCUT2D eigenvalue weighted by Crippen LogP contribution is 2.36. The maximum Gasteiger partial charge on any atom is 0.453 e. The van der Waals surface area contributed by atoms with Crippen molar-refractivity contribution in [2.24, 2.45) is 0 Å². The molecule has 0 saturated heterocycles. The van der Waals surface area contributed by atoms with E-state index in [0.29, 0.717) is 17.8 Å². The smallest absolute Gasteiger partial charge is 0.335 e. The topological polar surface area (TPSA) is 100 Å². The van der Waals surface area contributed by atoms with Crippen molar-refractivity contribution in [2.75, 3.05) is 5.84 Å².